The number of hydrogen-bond acceptors (Lipinski definition) is 2. The first-order valence-corrected chi connectivity index (χ1v) is 5.99. The number of carbonyl (C=O) groups excluding carboxylic acids is 1. The summed E-state index contributed by atoms with van der Waals surface area (Å²) in [5, 5.41) is 8.87. The Morgan fingerprint density at radius 3 is 2.53 bits per heavy atom. The van der Waals surface area contributed by atoms with Gasteiger partial charge < -0.3 is 9.67 Å². The summed E-state index contributed by atoms with van der Waals surface area (Å²) in [5.74, 6) is -0.971. The average Bonchev–Trinajstić information content (AvgIpc) is 2.66. The van der Waals surface area contributed by atoms with E-state index in [4.69, 9.17) is 5.11 Å². The van der Waals surface area contributed by atoms with Gasteiger partial charge in [-0.1, -0.05) is 26.2 Å². The number of rotatable bonds is 7. The molecule has 0 aromatic carbocycles. The fraction of sp³-hybridized carbons (Fsp3) is 0.538. The Morgan fingerprint density at radius 1 is 1.29 bits per heavy atom. The molecule has 0 atom stereocenters. The molecule has 0 aliphatic carbocycles. The first kappa shape index (κ1) is 13.5. The molecule has 1 aromatic rings. The number of ketones is 1. The first-order valence-electron chi connectivity index (χ1n) is 5.99. The van der Waals surface area contributed by atoms with Crippen molar-refractivity contribution in [3.05, 3.63) is 23.5 Å². The molecule has 0 unspecified atom stereocenters. The third-order valence-corrected chi connectivity index (χ3v) is 2.80. The average molecular weight is 237 g/mol. The number of aryl methyl sites for hydroxylation is 1. The molecule has 1 heterocycles. The van der Waals surface area contributed by atoms with E-state index < -0.39 is 5.97 Å². The van der Waals surface area contributed by atoms with Gasteiger partial charge >= 0.3 is 5.97 Å². The van der Waals surface area contributed by atoms with Crippen molar-refractivity contribution in [1.29, 1.82) is 0 Å². The van der Waals surface area contributed by atoms with Gasteiger partial charge in [-0.15, -0.1) is 0 Å². The van der Waals surface area contributed by atoms with Crippen LogP contribution in [0.5, 0.6) is 0 Å². The minimum Gasteiger partial charge on any atom is -0.477 e. The van der Waals surface area contributed by atoms with E-state index in [0.29, 0.717) is 12.0 Å². The Balaban J connectivity index is 2.57. The highest BCUT2D eigenvalue weighted by Crippen LogP contribution is 2.12. The zero-order valence-electron chi connectivity index (χ0n) is 10.4. The van der Waals surface area contributed by atoms with E-state index in [1.807, 2.05) is 0 Å². The fourth-order valence-electron chi connectivity index (χ4n) is 1.79. The monoisotopic (exact) mass is 237 g/mol. The van der Waals surface area contributed by atoms with Crippen molar-refractivity contribution in [3.63, 3.8) is 0 Å². The molecule has 0 saturated carbocycles. The van der Waals surface area contributed by atoms with Gasteiger partial charge in [0.05, 0.1) is 0 Å². The lowest BCUT2D eigenvalue weighted by Crippen LogP contribution is -2.02. The second-order valence-electron chi connectivity index (χ2n) is 4.26. The van der Waals surface area contributed by atoms with Crippen LogP contribution in [0.25, 0.3) is 0 Å². The number of hydrogen-bond donors (Lipinski definition) is 1. The van der Waals surface area contributed by atoms with Gasteiger partial charge in [0.2, 0.25) is 0 Å². The molecule has 17 heavy (non-hydrogen) atoms. The van der Waals surface area contributed by atoms with E-state index >= 15 is 0 Å². The van der Waals surface area contributed by atoms with Crippen molar-refractivity contribution < 1.29 is 14.7 Å². The highest BCUT2D eigenvalue weighted by Gasteiger charge is 2.14. The highest BCUT2D eigenvalue weighted by atomic mass is 16.4. The zero-order valence-corrected chi connectivity index (χ0v) is 10.4. The van der Waals surface area contributed by atoms with Gasteiger partial charge in [0, 0.05) is 25.2 Å². The van der Waals surface area contributed by atoms with E-state index in [0.717, 1.165) is 25.7 Å². The first-order chi connectivity index (χ1) is 8.06. The molecule has 94 valence electrons. The van der Waals surface area contributed by atoms with Crippen molar-refractivity contribution >= 4 is 11.8 Å². The predicted octanol–water partition coefficient (Wildman–Crippen LogP) is 2.88. The molecule has 0 spiro atoms. The molecule has 0 bridgehead atoms. The minimum absolute atomic E-state index is 0.0317. The largest absolute Gasteiger partial charge is 0.477 e. The summed E-state index contributed by atoms with van der Waals surface area (Å²) in [6.07, 6.45) is 6.31. The topological polar surface area (TPSA) is 59.3 Å². The maximum absolute atomic E-state index is 11.8. The molecule has 0 radical (unpaired) electrons. The maximum Gasteiger partial charge on any atom is 0.352 e. The quantitative estimate of drug-likeness (QED) is 0.586. The van der Waals surface area contributed by atoms with Gasteiger partial charge in [-0.2, -0.15) is 0 Å². The van der Waals surface area contributed by atoms with Crippen molar-refractivity contribution in [2.24, 2.45) is 7.05 Å². The second kappa shape index (κ2) is 6.23. The van der Waals surface area contributed by atoms with Crippen LogP contribution in [0.2, 0.25) is 0 Å². The predicted molar refractivity (Wildman–Crippen MR) is 65.5 cm³/mol. The number of nitrogens with zero attached hydrogens (tertiary/aromatic N) is 1. The van der Waals surface area contributed by atoms with E-state index in [1.54, 1.807) is 13.2 Å². The van der Waals surface area contributed by atoms with Crippen LogP contribution in [0.15, 0.2) is 12.3 Å². The van der Waals surface area contributed by atoms with E-state index in [9.17, 15) is 9.59 Å². The number of carboxylic acids is 1. The van der Waals surface area contributed by atoms with Crippen LogP contribution in [0.4, 0.5) is 0 Å². The van der Waals surface area contributed by atoms with Crippen LogP contribution in [0, 0.1) is 0 Å². The zero-order chi connectivity index (χ0) is 12.8. The van der Waals surface area contributed by atoms with Crippen LogP contribution < -0.4 is 0 Å². The fourth-order valence-corrected chi connectivity index (χ4v) is 1.79. The van der Waals surface area contributed by atoms with Crippen LogP contribution in [0.3, 0.4) is 0 Å². The molecule has 0 amide bonds. The Bertz CT molecular complexity index is 407. The van der Waals surface area contributed by atoms with Crippen molar-refractivity contribution in [2.45, 2.75) is 39.0 Å². The number of aromatic carboxylic acids is 1. The van der Waals surface area contributed by atoms with Gasteiger partial charge in [0.25, 0.3) is 0 Å². The van der Waals surface area contributed by atoms with Crippen LogP contribution in [-0.4, -0.2) is 21.4 Å². The summed E-state index contributed by atoms with van der Waals surface area (Å²) >= 11 is 0. The Kier molecular flexibility index (Phi) is 4.94. The van der Waals surface area contributed by atoms with Crippen molar-refractivity contribution in [3.8, 4) is 0 Å². The van der Waals surface area contributed by atoms with Crippen LogP contribution in [-0.2, 0) is 7.05 Å². The lowest BCUT2D eigenvalue weighted by molar-refractivity contribution is 0.0686. The normalized spacial score (nSPS) is 10.5. The minimum atomic E-state index is -1.00. The summed E-state index contributed by atoms with van der Waals surface area (Å²) in [6, 6.07) is 1.45. The third kappa shape index (κ3) is 3.73. The number of Topliss-reactive ketones (excluding diaryl/α,β-unsaturated/α-hetero) is 1. The van der Waals surface area contributed by atoms with Gasteiger partial charge in [-0.05, 0) is 12.5 Å². The molecule has 1 N–H and O–H groups in total. The number of carboxylic acid groups (broad SMARTS) is 1. The third-order valence-electron chi connectivity index (χ3n) is 2.80. The van der Waals surface area contributed by atoms with Crippen molar-refractivity contribution in [2.75, 3.05) is 0 Å². The van der Waals surface area contributed by atoms with Gasteiger partial charge in [-0.3, -0.25) is 4.79 Å². The SMILES string of the molecule is CCCCCCC(=O)c1cc(C(=O)O)n(C)c1. The van der Waals surface area contributed by atoms with Crippen LogP contribution in [0.1, 0.15) is 59.9 Å². The van der Waals surface area contributed by atoms with Gasteiger partial charge in [0.1, 0.15) is 5.69 Å². The Morgan fingerprint density at radius 2 is 2.00 bits per heavy atom. The molecule has 1 rings (SSSR count). The molecule has 0 fully saturated rings. The number of aromatic nitrogens is 1. The Hall–Kier alpha value is -1.58. The molecule has 4 heteroatoms. The summed E-state index contributed by atoms with van der Waals surface area (Å²) in [6.45, 7) is 2.12. The Labute approximate surface area is 101 Å². The standard InChI is InChI=1S/C13H19NO3/c1-3-4-5-6-7-12(15)10-8-11(13(16)17)14(2)9-10/h8-9H,3-7H2,1-2H3,(H,16,17). The smallest absolute Gasteiger partial charge is 0.352 e. The van der Waals surface area contributed by atoms with E-state index in [-0.39, 0.29) is 11.5 Å². The lowest BCUT2D eigenvalue weighted by Gasteiger charge is -1.97. The molecule has 4 nitrogen and oxygen atoms in total. The second-order valence-corrected chi connectivity index (χ2v) is 4.26. The molecule has 1 aromatic heterocycles. The maximum atomic E-state index is 11.8. The van der Waals surface area contributed by atoms with E-state index in [1.165, 1.54) is 10.6 Å². The van der Waals surface area contributed by atoms with E-state index in [2.05, 4.69) is 6.92 Å². The summed E-state index contributed by atoms with van der Waals surface area (Å²) < 4.78 is 1.47. The number of carbonyl (C=O) groups is 2. The van der Waals surface area contributed by atoms with Crippen LogP contribution >= 0.6 is 0 Å². The molecule has 0 aliphatic heterocycles. The molecule has 0 aliphatic rings. The van der Waals surface area contributed by atoms with Gasteiger partial charge in [-0.25, -0.2) is 4.79 Å². The molecule has 0 saturated heterocycles. The molecular formula is C13H19NO3. The van der Waals surface area contributed by atoms with Crippen molar-refractivity contribution in [1.82, 2.24) is 4.57 Å². The summed E-state index contributed by atoms with van der Waals surface area (Å²) in [5.41, 5.74) is 0.656. The van der Waals surface area contributed by atoms with Gasteiger partial charge in [0.15, 0.2) is 5.78 Å². The molecular weight excluding hydrogens is 218 g/mol. The highest BCUT2D eigenvalue weighted by molar-refractivity contribution is 5.98. The summed E-state index contributed by atoms with van der Waals surface area (Å²) in [7, 11) is 1.64. The lowest BCUT2D eigenvalue weighted by atomic mass is 10.1. The summed E-state index contributed by atoms with van der Waals surface area (Å²) in [4.78, 5) is 22.6. The number of unbranched alkanes of at least 4 members (excludes halogenated alkanes) is 3.